The van der Waals surface area contributed by atoms with Crippen LogP contribution in [0.25, 0.3) is 0 Å². The summed E-state index contributed by atoms with van der Waals surface area (Å²) in [5.41, 5.74) is 9.35. The number of benzene rings is 2. The van der Waals surface area contributed by atoms with Crippen LogP contribution in [0.2, 0.25) is 0 Å². The number of rotatable bonds is 6. The maximum atomic E-state index is 11.2. The molecule has 0 spiro atoms. The van der Waals surface area contributed by atoms with E-state index in [1.807, 2.05) is 23.9 Å². The van der Waals surface area contributed by atoms with Crippen molar-refractivity contribution in [3.05, 3.63) is 77.1 Å². The van der Waals surface area contributed by atoms with Gasteiger partial charge in [0.25, 0.3) is 0 Å². The van der Waals surface area contributed by atoms with Gasteiger partial charge in [-0.2, -0.15) is 5.10 Å². The third kappa shape index (κ3) is 4.32. The number of hydrogen-bond acceptors (Lipinski definition) is 4. The Hall–Kier alpha value is -3.12. The molecule has 2 aromatic carbocycles. The van der Waals surface area contributed by atoms with Crippen LogP contribution in [-0.2, 0) is 13.6 Å². The number of nitrogens with two attached hydrogens (primary N) is 1. The minimum absolute atomic E-state index is 0.384. The van der Waals surface area contributed by atoms with Crippen molar-refractivity contribution in [2.24, 2.45) is 12.8 Å². The summed E-state index contributed by atoms with van der Waals surface area (Å²) in [5.74, 6) is 0.994. The Kier molecular flexibility index (Phi) is 5.36. The highest BCUT2D eigenvalue weighted by atomic mass is 16.5. The quantitative estimate of drug-likeness (QED) is 0.691. The van der Waals surface area contributed by atoms with E-state index in [0.29, 0.717) is 17.4 Å². The fourth-order valence-electron chi connectivity index (χ4n) is 3.82. The molecule has 0 unspecified atom stereocenters. The first-order valence-electron chi connectivity index (χ1n) is 9.91. The molecule has 1 fully saturated rings. The molecular formula is C23H26N4O2. The van der Waals surface area contributed by atoms with Crippen LogP contribution < -0.4 is 10.5 Å². The van der Waals surface area contributed by atoms with Crippen LogP contribution in [0, 0.1) is 6.92 Å². The molecule has 2 heterocycles. The summed E-state index contributed by atoms with van der Waals surface area (Å²) in [6.45, 7) is 4.08. The van der Waals surface area contributed by atoms with Crippen molar-refractivity contribution in [3.8, 4) is 11.5 Å². The molecule has 150 valence electrons. The zero-order valence-electron chi connectivity index (χ0n) is 16.8. The minimum atomic E-state index is -0.443. The van der Waals surface area contributed by atoms with Gasteiger partial charge >= 0.3 is 0 Å². The van der Waals surface area contributed by atoms with Crippen LogP contribution in [0.3, 0.4) is 0 Å². The lowest BCUT2D eigenvalue weighted by Crippen LogP contribution is -2.23. The van der Waals surface area contributed by atoms with Crippen molar-refractivity contribution in [3.63, 3.8) is 0 Å². The summed E-state index contributed by atoms with van der Waals surface area (Å²) in [5, 5.41) is 4.69. The fraction of sp³-hybridized carbons (Fsp3) is 0.304. The van der Waals surface area contributed by atoms with Crippen LogP contribution in [0.4, 0.5) is 0 Å². The van der Waals surface area contributed by atoms with E-state index in [2.05, 4.69) is 35.1 Å². The van der Waals surface area contributed by atoms with Crippen molar-refractivity contribution < 1.29 is 9.53 Å². The fourth-order valence-corrected chi connectivity index (χ4v) is 3.82. The first kappa shape index (κ1) is 19.2. The van der Waals surface area contributed by atoms with Crippen LogP contribution >= 0.6 is 0 Å². The molecule has 1 aliphatic rings. The van der Waals surface area contributed by atoms with Gasteiger partial charge in [-0.3, -0.25) is 14.4 Å². The van der Waals surface area contributed by atoms with Crippen LogP contribution in [0.5, 0.6) is 11.5 Å². The molecule has 6 heteroatoms. The number of ether oxygens (including phenoxy) is 1. The van der Waals surface area contributed by atoms with Gasteiger partial charge in [0.2, 0.25) is 5.91 Å². The van der Waals surface area contributed by atoms with Crippen LogP contribution in [0.1, 0.15) is 46.2 Å². The maximum Gasteiger partial charge on any atom is 0.248 e. The molecule has 3 aromatic rings. The zero-order valence-corrected chi connectivity index (χ0v) is 16.8. The van der Waals surface area contributed by atoms with Crippen molar-refractivity contribution in [2.45, 2.75) is 32.4 Å². The van der Waals surface area contributed by atoms with Gasteiger partial charge < -0.3 is 10.5 Å². The summed E-state index contributed by atoms with van der Waals surface area (Å²) in [4.78, 5) is 13.7. The second kappa shape index (κ2) is 8.09. The van der Waals surface area contributed by atoms with Crippen molar-refractivity contribution in [2.75, 3.05) is 6.54 Å². The molecule has 0 radical (unpaired) electrons. The van der Waals surface area contributed by atoms with E-state index in [9.17, 15) is 4.79 Å². The number of hydrogen-bond donors (Lipinski definition) is 1. The molecule has 6 nitrogen and oxygen atoms in total. The van der Waals surface area contributed by atoms with Gasteiger partial charge in [0.1, 0.15) is 11.5 Å². The Morgan fingerprint density at radius 2 is 1.79 bits per heavy atom. The standard InChI is InChI=1S/C23H26N4O2/c1-16-14-21(25-26(16)2)22-4-3-13-27(22)15-17-5-9-19(10-6-17)29-20-11-7-18(8-12-20)23(24)28/h5-12,14,22H,3-4,13,15H2,1-2H3,(H2,24,28)/t22-/m0/s1. The lowest BCUT2D eigenvalue weighted by molar-refractivity contribution is 0.100. The third-order valence-electron chi connectivity index (χ3n) is 5.52. The van der Waals surface area contributed by atoms with E-state index in [4.69, 9.17) is 10.5 Å². The first-order valence-corrected chi connectivity index (χ1v) is 9.91. The van der Waals surface area contributed by atoms with Crippen molar-refractivity contribution in [1.29, 1.82) is 0 Å². The molecule has 0 saturated carbocycles. The Labute approximate surface area is 170 Å². The molecule has 1 amide bonds. The van der Waals surface area contributed by atoms with E-state index < -0.39 is 5.91 Å². The number of nitrogens with zero attached hydrogens (tertiary/aromatic N) is 3. The Balaban J connectivity index is 1.40. The summed E-state index contributed by atoms with van der Waals surface area (Å²) in [7, 11) is 2.00. The highest BCUT2D eigenvalue weighted by molar-refractivity contribution is 5.92. The SMILES string of the molecule is Cc1cc([C@@H]2CCCN2Cc2ccc(Oc3ccc(C(N)=O)cc3)cc2)nn1C. The number of amides is 1. The molecule has 1 aliphatic heterocycles. The normalized spacial score (nSPS) is 16.8. The second-order valence-corrected chi connectivity index (χ2v) is 7.60. The number of aromatic nitrogens is 2. The first-order chi connectivity index (χ1) is 14.0. The molecular weight excluding hydrogens is 364 g/mol. The van der Waals surface area contributed by atoms with Gasteiger partial charge in [-0.05, 0) is 74.3 Å². The van der Waals surface area contributed by atoms with E-state index >= 15 is 0 Å². The molecule has 1 aromatic heterocycles. The number of aryl methyl sites for hydroxylation is 2. The number of primary amides is 1. The summed E-state index contributed by atoms with van der Waals surface area (Å²) >= 11 is 0. The monoisotopic (exact) mass is 390 g/mol. The molecule has 1 atom stereocenters. The van der Waals surface area contributed by atoms with Gasteiger partial charge in [0.05, 0.1) is 11.7 Å². The van der Waals surface area contributed by atoms with Crippen LogP contribution in [0.15, 0.2) is 54.6 Å². The van der Waals surface area contributed by atoms with Gasteiger partial charge in [-0.15, -0.1) is 0 Å². The average molecular weight is 390 g/mol. The molecule has 29 heavy (non-hydrogen) atoms. The summed E-state index contributed by atoms with van der Waals surface area (Å²) in [6, 6.07) is 17.6. The summed E-state index contributed by atoms with van der Waals surface area (Å²) < 4.78 is 7.82. The Morgan fingerprint density at radius 1 is 1.14 bits per heavy atom. The minimum Gasteiger partial charge on any atom is -0.457 e. The topological polar surface area (TPSA) is 73.4 Å². The van der Waals surface area contributed by atoms with Gasteiger partial charge in [-0.1, -0.05) is 12.1 Å². The van der Waals surface area contributed by atoms with Gasteiger partial charge in [-0.25, -0.2) is 0 Å². The van der Waals surface area contributed by atoms with Crippen molar-refractivity contribution >= 4 is 5.91 Å². The smallest absolute Gasteiger partial charge is 0.248 e. The van der Waals surface area contributed by atoms with E-state index in [1.165, 1.54) is 23.4 Å². The van der Waals surface area contributed by atoms with Crippen LogP contribution in [-0.4, -0.2) is 27.1 Å². The highest BCUT2D eigenvalue weighted by Crippen LogP contribution is 2.33. The molecule has 0 bridgehead atoms. The Bertz CT molecular complexity index is 973. The zero-order chi connectivity index (χ0) is 20.4. The molecule has 2 N–H and O–H groups in total. The molecule has 0 aliphatic carbocycles. The lowest BCUT2D eigenvalue weighted by atomic mass is 10.1. The van der Waals surface area contributed by atoms with Gasteiger partial charge in [0.15, 0.2) is 0 Å². The van der Waals surface area contributed by atoms with E-state index in [1.54, 1.807) is 24.3 Å². The number of carbonyl (C=O) groups excluding carboxylic acids is 1. The predicted octanol–water partition coefficient (Wildman–Crippen LogP) is 3.96. The summed E-state index contributed by atoms with van der Waals surface area (Å²) in [6.07, 6.45) is 2.35. The largest absolute Gasteiger partial charge is 0.457 e. The highest BCUT2D eigenvalue weighted by Gasteiger charge is 2.28. The van der Waals surface area contributed by atoms with E-state index in [0.717, 1.165) is 25.3 Å². The van der Waals surface area contributed by atoms with Gasteiger partial charge in [0, 0.05) is 24.8 Å². The molecule has 1 saturated heterocycles. The lowest BCUT2D eigenvalue weighted by Gasteiger charge is -2.23. The number of carbonyl (C=O) groups is 1. The van der Waals surface area contributed by atoms with E-state index in [-0.39, 0.29) is 0 Å². The second-order valence-electron chi connectivity index (χ2n) is 7.60. The Morgan fingerprint density at radius 3 is 2.38 bits per heavy atom. The number of likely N-dealkylation sites (tertiary alicyclic amines) is 1. The maximum absolute atomic E-state index is 11.2. The predicted molar refractivity (Wildman–Crippen MR) is 112 cm³/mol. The average Bonchev–Trinajstić information content (AvgIpc) is 3.30. The molecule has 4 rings (SSSR count). The van der Waals surface area contributed by atoms with Crippen molar-refractivity contribution in [1.82, 2.24) is 14.7 Å². The third-order valence-corrected chi connectivity index (χ3v) is 5.52.